The monoisotopic (exact) mass is 174 g/mol. The molecule has 0 aromatic heterocycles. The first-order chi connectivity index (χ1) is 6.40. The van der Waals surface area contributed by atoms with Crippen molar-refractivity contribution in [2.24, 2.45) is 5.10 Å². The summed E-state index contributed by atoms with van der Waals surface area (Å²) in [6.45, 7) is 0. The number of methoxy groups -OCH3 is 1. The number of hydrogen-bond acceptors (Lipinski definition) is 3. The number of anilines is 1. The molecule has 1 heterocycles. The summed E-state index contributed by atoms with van der Waals surface area (Å²) in [5, 5.41) is 3.97. The van der Waals surface area contributed by atoms with Gasteiger partial charge in [-0.1, -0.05) is 6.08 Å². The molecule has 0 unspecified atom stereocenters. The maximum absolute atomic E-state index is 5.12. The molecule has 0 bridgehead atoms. The second kappa shape index (κ2) is 3.31. The van der Waals surface area contributed by atoms with E-state index >= 15 is 0 Å². The van der Waals surface area contributed by atoms with Gasteiger partial charge in [0.25, 0.3) is 0 Å². The summed E-state index contributed by atoms with van der Waals surface area (Å²) in [4.78, 5) is 0. The van der Waals surface area contributed by atoms with Crippen LogP contribution < -0.4 is 10.2 Å². The van der Waals surface area contributed by atoms with Crippen LogP contribution in [0.1, 0.15) is 5.56 Å². The van der Waals surface area contributed by atoms with Crippen LogP contribution in [0.25, 0.3) is 6.08 Å². The Labute approximate surface area is 76.7 Å². The molecule has 13 heavy (non-hydrogen) atoms. The summed E-state index contributed by atoms with van der Waals surface area (Å²) in [6, 6.07) is 5.81. The minimum atomic E-state index is 0.854. The SMILES string of the molecule is COc1ccc2c(c1)C=CC=NN2. The number of ether oxygens (including phenoxy) is 1. The first-order valence-electron chi connectivity index (χ1n) is 4.04. The van der Waals surface area contributed by atoms with Gasteiger partial charge in [0.05, 0.1) is 12.8 Å². The van der Waals surface area contributed by atoms with E-state index in [1.54, 1.807) is 13.3 Å². The molecule has 0 amide bonds. The molecule has 1 aliphatic heterocycles. The van der Waals surface area contributed by atoms with Crippen LogP contribution in [-0.4, -0.2) is 13.3 Å². The van der Waals surface area contributed by atoms with Crippen LogP contribution in [0.4, 0.5) is 5.69 Å². The van der Waals surface area contributed by atoms with Crippen LogP contribution in [0.5, 0.6) is 5.75 Å². The Balaban J connectivity index is 2.45. The number of nitrogens with one attached hydrogen (secondary N) is 1. The molecule has 0 radical (unpaired) electrons. The molecule has 0 atom stereocenters. The molecule has 0 aliphatic carbocycles. The summed E-state index contributed by atoms with van der Waals surface area (Å²) >= 11 is 0. The number of hydrazone groups is 1. The zero-order valence-electron chi connectivity index (χ0n) is 7.32. The summed E-state index contributed by atoms with van der Waals surface area (Å²) in [7, 11) is 1.66. The predicted molar refractivity (Wildman–Crippen MR) is 54.1 cm³/mol. The van der Waals surface area contributed by atoms with E-state index < -0.39 is 0 Å². The van der Waals surface area contributed by atoms with Gasteiger partial charge in [0, 0.05) is 11.8 Å². The molecule has 1 N–H and O–H groups in total. The molecule has 0 saturated heterocycles. The van der Waals surface area contributed by atoms with E-state index in [0.717, 1.165) is 17.0 Å². The smallest absolute Gasteiger partial charge is 0.119 e. The third kappa shape index (κ3) is 1.54. The van der Waals surface area contributed by atoms with Gasteiger partial charge in [-0.2, -0.15) is 5.10 Å². The highest BCUT2D eigenvalue weighted by molar-refractivity contribution is 5.84. The van der Waals surface area contributed by atoms with Crippen molar-refractivity contribution in [1.29, 1.82) is 0 Å². The van der Waals surface area contributed by atoms with E-state index in [0.29, 0.717) is 0 Å². The second-order valence-corrected chi connectivity index (χ2v) is 2.70. The Morgan fingerprint density at radius 1 is 1.38 bits per heavy atom. The summed E-state index contributed by atoms with van der Waals surface area (Å²) in [6.07, 6.45) is 5.59. The van der Waals surface area contributed by atoms with Crippen LogP contribution in [-0.2, 0) is 0 Å². The highest BCUT2D eigenvalue weighted by atomic mass is 16.5. The zero-order valence-corrected chi connectivity index (χ0v) is 7.32. The van der Waals surface area contributed by atoms with Gasteiger partial charge < -0.3 is 4.74 Å². The van der Waals surface area contributed by atoms with Crippen molar-refractivity contribution in [2.45, 2.75) is 0 Å². The molecule has 66 valence electrons. The van der Waals surface area contributed by atoms with Crippen molar-refractivity contribution in [3.8, 4) is 5.75 Å². The normalized spacial score (nSPS) is 13.0. The Morgan fingerprint density at radius 3 is 3.15 bits per heavy atom. The van der Waals surface area contributed by atoms with Crippen LogP contribution >= 0.6 is 0 Å². The lowest BCUT2D eigenvalue weighted by atomic mass is 10.1. The van der Waals surface area contributed by atoms with Gasteiger partial charge in [0.2, 0.25) is 0 Å². The van der Waals surface area contributed by atoms with Crippen molar-refractivity contribution in [3.05, 3.63) is 29.8 Å². The number of fused-ring (bicyclic) bond motifs is 1. The molecule has 0 saturated carbocycles. The van der Waals surface area contributed by atoms with E-state index in [4.69, 9.17) is 4.74 Å². The maximum atomic E-state index is 5.12. The topological polar surface area (TPSA) is 33.6 Å². The lowest BCUT2D eigenvalue weighted by molar-refractivity contribution is 0.415. The molecule has 1 aliphatic rings. The van der Waals surface area contributed by atoms with Gasteiger partial charge in [-0.05, 0) is 24.3 Å². The summed E-state index contributed by atoms with van der Waals surface area (Å²) < 4.78 is 5.12. The van der Waals surface area contributed by atoms with Gasteiger partial charge in [-0.25, -0.2) is 0 Å². The fourth-order valence-corrected chi connectivity index (χ4v) is 1.20. The Hall–Kier alpha value is -1.77. The minimum absolute atomic E-state index is 0.854. The standard InChI is InChI=1S/C10H10N2O/c1-13-9-4-5-10-8(7-9)3-2-6-11-12-10/h2-7,12H,1H3. The number of nitrogens with zero attached hydrogens (tertiary/aromatic N) is 1. The van der Waals surface area contributed by atoms with Crippen LogP contribution in [0.3, 0.4) is 0 Å². The molecule has 0 fully saturated rings. The van der Waals surface area contributed by atoms with Crippen molar-refractivity contribution in [2.75, 3.05) is 12.5 Å². The average molecular weight is 174 g/mol. The molecule has 2 rings (SSSR count). The number of hydrogen-bond donors (Lipinski definition) is 1. The van der Waals surface area contributed by atoms with E-state index in [2.05, 4.69) is 10.5 Å². The van der Waals surface area contributed by atoms with Gasteiger partial charge >= 0.3 is 0 Å². The lowest BCUT2D eigenvalue weighted by Crippen LogP contribution is -1.90. The van der Waals surface area contributed by atoms with Crippen molar-refractivity contribution < 1.29 is 4.74 Å². The summed E-state index contributed by atoms with van der Waals surface area (Å²) in [5.41, 5.74) is 5.00. The highest BCUT2D eigenvalue weighted by Crippen LogP contribution is 2.23. The Kier molecular flexibility index (Phi) is 2.00. The van der Waals surface area contributed by atoms with Gasteiger partial charge in [-0.3, -0.25) is 5.43 Å². The fourth-order valence-electron chi connectivity index (χ4n) is 1.20. The number of allylic oxidation sites excluding steroid dienone is 1. The van der Waals surface area contributed by atoms with Gasteiger partial charge in [0.15, 0.2) is 0 Å². The zero-order chi connectivity index (χ0) is 9.10. The molecular weight excluding hydrogens is 164 g/mol. The lowest BCUT2D eigenvalue weighted by Gasteiger charge is -2.05. The molecule has 3 heteroatoms. The number of benzene rings is 1. The molecule has 1 aromatic rings. The molecule has 1 aromatic carbocycles. The second-order valence-electron chi connectivity index (χ2n) is 2.70. The predicted octanol–water partition coefficient (Wildman–Crippen LogP) is 2.12. The Morgan fingerprint density at radius 2 is 2.31 bits per heavy atom. The van der Waals surface area contributed by atoms with Crippen molar-refractivity contribution in [3.63, 3.8) is 0 Å². The van der Waals surface area contributed by atoms with Crippen molar-refractivity contribution in [1.82, 2.24) is 0 Å². The first-order valence-corrected chi connectivity index (χ1v) is 4.04. The first kappa shape index (κ1) is 7.86. The Bertz CT molecular complexity index is 369. The summed E-state index contributed by atoms with van der Waals surface area (Å²) in [5.74, 6) is 0.854. The van der Waals surface area contributed by atoms with Gasteiger partial charge in [-0.15, -0.1) is 0 Å². The highest BCUT2D eigenvalue weighted by Gasteiger charge is 2.01. The molecule has 0 spiro atoms. The number of rotatable bonds is 1. The van der Waals surface area contributed by atoms with E-state index in [1.165, 1.54) is 0 Å². The average Bonchev–Trinajstić information content (AvgIpc) is 2.41. The molecule has 3 nitrogen and oxygen atoms in total. The van der Waals surface area contributed by atoms with E-state index in [9.17, 15) is 0 Å². The quantitative estimate of drug-likeness (QED) is 0.707. The van der Waals surface area contributed by atoms with E-state index in [-0.39, 0.29) is 0 Å². The fraction of sp³-hybridized carbons (Fsp3) is 0.100. The van der Waals surface area contributed by atoms with Crippen molar-refractivity contribution >= 4 is 18.0 Å². The third-order valence-electron chi connectivity index (χ3n) is 1.88. The third-order valence-corrected chi connectivity index (χ3v) is 1.88. The largest absolute Gasteiger partial charge is 0.497 e. The minimum Gasteiger partial charge on any atom is -0.497 e. The van der Waals surface area contributed by atoms with E-state index in [1.807, 2.05) is 30.4 Å². The van der Waals surface area contributed by atoms with Crippen LogP contribution in [0.15, 0.2) is 29.4 Å². The van der Waals surface area contributed by atoms with Crippen LogP contribution in [0.2, 0.25) is 0 Å². The van der Waals surface area contributed by atoms with Crippen LogP contribution in [0, 0.1) is 0 Å². The maximum Gasteiger partial charge on any atom is 0.119 e. The van der Waals surface area contributed by atoms with Gasteiger partial charge in [0.1, 0.15) is 5.75 Å². The molecular formula is C10H10N2O.